The molecule has 2 aromatic rings. The Labute approximate surface area is 194 Å². The molecule has 2 atom stereocenters. The normalized spacial score (nSPS) is 14.1. The molecule has 1 amide bonds. The van der Waals surface area contributed by atoms with Gasteiger partial charge in [-0.2, -0.15) is 0 Å². The van der Waals surface area contributed by atoms with Crippen LogP contribution in [0.2, 0.25) is 0 Å². The lowest BCUT2D eigenvalue weighted by atomic mass is 9.79. The van der Waals surface area contributed by atoms with E-state index in [9.17, 15) is 14.4 Å². The first-order valence-corrected chi connectivity index (χ1v) is 10.9. The number of carboxylic acid groups (broad SMARTS) is 1. The monoisotopic (exact) mass is 456 g/mol. The number of nitrogens with one attached hydrogen (secondary N) is 1. The molecule has 0 radical (unpaired) electrons. The van der Waals surface area contributed by atoms with E-state index in [2.05, 4.69) is 5.32 Å². The minimum atomic E-state index is -1.13. The maximum atomic E-state index is 13.7. The van der Waals surface area contributed by atoms with Gasteiger partial charge in [0.2, 0.25) is 5.78 Å². The number of carbonyl (C=O) groups is 3. The maximum absolute atomic E-state index is 13.7. The average Bonchev–Trinajstić information content (AvgIpc) is 2.78. The van der Waals surface area contributed by atoms with Crippen molar-refractivity contribution in [3.63, 3.8) is 0 Å². The molecule has 0 saturated heterocycles. The number of ether oxygens (including phenoxy) is 1. The number of benzene rings is 2. The molecule has 2 rings (SSSR count). The van der Waals surface area contributed by atoms with E-state index in [1.807, 2.05) is 81.8 Å². The molecule has 178 valence electrons. The van der Waals surface area contributed by atoms with Crippen LogP contribution in [0.5, 0.6) is 0 Å². The molecule has 0 aliphatic rings. The molecule has 0 saturated carbocycles. The molecule has 4 N–H and O–H groups in total. The fraction of sp³-hybridized carbons (Fsp3) is 0.400. The van der Waals surface area contributed by atoms with Crippen molar-refractivity contribution >= 4 is 17.8 Å². The summed E-state index contributed by atoms with van der Waals surface area (Å²) in [6.45, 7) is 0.0907. The van der Waals surface area contributed by atoms with Crippen LogP contribution in [0.25, 0.3) is 0 Å². The van der Waals surface area contributed by atoms with Crippen molar-refractivity contribution in [1.82, 2.24) is 5.32 Å². The van der Waals surface area contributed by atoms with Gasteiger partial charge in [-0.1, -0.05) is 60.7 Å². The van der Waals surface area contributed by atoms with E-state index in [-0.39, 0.29) is 36.3 Å². The third-order valence-corrected chi connectivity index (χ3v) is 5.83. The van der Waals surface area contributed by atoms with Crippen LogP contribution in [-0.2, 0) is 27.4 Å². The number of nitrogens with zero attached hydrogens (tertiary/aromatic N) is 1. The van der Waals surface area contributed by atoms with E-state index >= 15 is 0 Å². The van der Waals surface area contributed by atoms with E-state index in [0.717, 1.165) is 11.1 Å². The fourth-order valence-electron chi connectivity index (χ4n) is 3.72. The second-order valence-electron chi connectivity index (χ2n) is 9.02. The molecule has 8 nitrogen and oxygen atoms in total. The van der Waals surface area contributed by atoms with Crippen LogP contribution in [0.3, 0.4) is 0 Å². The summed E-state index contributed by atoms with van der Waals surface area (Å²) in [5, 5.41) is 11.8. The van der Waals surface area contributed by atoms with Crippen molar-refractivity contribution in [2.24, 2.45) is 5.73 Å². The Bertz CT molecular complexity index is 928. The Balaban J connectivity index is 2.25. The van der Waals surface area contributed by atoms with Gasteiger partial charge < -0.3 is 25.4 Å². The van der Waals surface area contributed by atoms with Gasteiger partial charge in [0.25, 0.3) is 0 Å². The number of quaternary nitrogens is 1. The molecule has 8 heteroatoms. The number of ketones is 1. The van der Waals surface area contributed by atoms with Crippen molar-refractivity contribution in [2.75, 3.05) is 27.7 Å². The smallest absolute Gasteiger partial charge is 0.407 e. The molecule has 0 heterocycles. The van der Waals surface area contributed by atoms with E-state index in [0.29, 0.717) is 6.42 Å². The third-order valence-electron chi connectivity index (χ3n) is 5.83. The predicted octanol–water partition coefficient (Wildman–Crippen LogP) is 2.36. The van der Waals surface area contributed by atoms with Crippen LogP contribution in [0.1, 0.15) is 24.0 Å². The highest BCUT2D eigenvalue weighted by Gasteiger charge is 2.52. The number of hydrogen-bond donors (Lipinski definition) is 3. The number of amides is 1. The molecule has 0 aliphatic carbocycles. The molecule has 33 heavy (non-hydrogen) atoms. The molecule has 0 bridgehead atoms. The van der Waals surface area contributed by atoms with Gasteiger partial charge in [-0.25, -0.2) is 4.79 Å². The average molecular weight is 457 g/mol. The van der Waals surface area contributed by atoms with Crippen LogP contribution >= 0.6 is 0 Å². The highest BCUT2D eigenvalue weighted by molar-refractivity contribution is 5.93. The van der Waals surface area contributed by atoms with E-state index in [4.69, 9.17) is 15.6 Å². The number of Topliss-reactive ketones (excluding diaryl/α,β-unsaturated/α-hetero) is 1. The zero-order valence-corrected chi connectivity index (χ0v) is 19.5. The SMILES string of the molecule is C[N+](C)(C)C(CNC(=O)OCc1ccccc1)(Cc1ccccc1)C(=O)[C@@H](N)CCC(=O)O. The van der Waals surface area contributed by atoms with Gasteiger partial charge in [0, 0.05) is 12.8 Å². The van der Waals surface area contributed by atoms with Gasteiger partial charge >= 0.3 is 12.1 Å². The summed E-state index contributed by atoms with van der Waals surface area (Å²) in [6.07, 6.45) is -0.520. The van der Waals surface area contributed by atoms with E-state index < -0.39 is 23.6 Å². The van der Waals surface area contributed by atoms with E-state index in [1.165, 1.54) is 0 Å². The molecular weight excluding hydrogens is 422 g/mol. The minimum absolute atomic E-state index is 0.0153. The summed E-state index contributed by atoms with van der Waals surface area (Å²) in [5.41, 5.74) is 6.80. The number of likely N-dealkylation sites (N-methyl/N-ethyl adjacent to an activating group) is 1. The maximum Gasteiger partial charge on any atom is 0.407 e. The second kappa shape index (κ2) is 11.6. The second-order valence-corrected chi connectivity index (χ2v) is 9.02. The Hall–Kier alpha value is -3.23. The summed E-state index contributed by atoms with van der Waals surface area (Å²) >= 11 is 0. The number of carboxylic acids is 1. The molecule has 1 unspecified atom stereocenters. The highest BCUT2D eigenvalue weighted by atomic mass is 16.5. The first-order valence-electron chi connectivity index (χ1n) is 10.9. The van der Waals surface area contributed by atoms with Crippen molar-refractivity contribution in [3.05, 3.63) is 71.8 Å². The lowest BCUT2D eigenvalue weighted by Gasteiger charge is -2.46. The Kier molecular flexibility index (Phi) is 9.13. The van der Waals surface area contributed by atoms with Gasteiger partial charge in [0.1, 0.15) is 6.61 Å². The lowest BCUT2D eigenvalue weighted by Crippen LogP contribution is -2.70. The lowest BCUT2D eigenvalue weighted by molar-refractivity contribution is -0.911. The molecule has 0 aliphatic heterocycles. The quantitative estimate of drug-likeness (QED) is 0.422. The van der Waals surface area contributed by atoms with Crippen LogP contribution in [0, 0.1) is 0 Å². The molecule has 0 fully saturated rings. The summed E-state index contributed by atoms with van der Waals surface area (Å²) in [6, 6.07) is 17.8. The topological polar surface area (TPSA) is 119 Å². The molecule has 2 aromatic carbocycles. The Morgan fingerprint density at radius 3 is 2.06 bits per heavy atom. The standard InChI is InChI=1S/C25H33N3O5/c1-28(2,3)25(16-19-10-6-4-7-11-19,23(31)21(26)14-15-22(29)30)18-27-24(32)33-17-20-12-8-5-9-13-20/h4-13,21H,14-18,26H2,1-3H3,(H-,27,29,30,32)/p+1/t21-,25?/m0/s1. The van der Waals surface area contributed by atoms with Gasteiger partial charge in [-0.05, 0) is 17.5 Å². The third kappa shape index (κ3) is 7.40. The number of nitrogens with two attached hydrogens (primary N) is 1. The fourth-order valence-corrected chi connectivity index (χ4v) is 3.72. The van der Waals surface area contributed by atoms with Crippen LogP contribution in [-0.4, -0.2) is 66.7 Å². The Morgan fingerprint density at radius 1 is 1.00 bits per heavy atom. The number of alkyl carbamates (subject to hydrolysis) is 1. The predicted molar refractivity (Wildman–Crippen MR) is 125 cm³/mol. The number of rotatable bonds is 12. The summed E-state index contributed by atoms with van der Waals surface area (Å²) < 4.78 is 5.51. The summed E-state index contributed by atoms with van der Waals surface area (Å²) in [5.74, 6) is -1.32. The van der Waals surface area contributed by atoms with Crippen molar-refractivity contribution in [2.45, 2.75) is 37.5 Å². The Morgan fingerprint density at radius 2 is 1.55 bits per heavy atom. The zero-order chi connectivity index (χ0) is 24.5. The highest BCUT2D eigenvalue weighted by Crippen LogP contribution is 2.27. The van der Waals surface area contributed by atoms with Crippen LogP contribution in [0.15, 0.2) is 60.7 Å². The molecule has 0 spiro atoms. The van der Waals surface area contributed by atoms with Crippen molar-refractivity contribution < 1.29 is 28.7 Å². The summed E-state index contributed by atoms with van der Waals surface area (Å²) in [7, 11) is 5.59. The number of carbonyl (C=O) groups excluding carboxylic acids is 2. The minimum Gasteiger partial charge on any atom is -0.481 e. The van der Waals surface area contributed by atoms with Gasteiger partial charge in [0.05, 0.1) is 33.7 Å². The first kappa shape index (κ1) is 26.0. The molecular formula is C25H34N3O5+. The van der Waals surface area contributed by atoms with Crippen LogP contribution < -0.4 is 11.1 Å². The first-order chi connectivity index (χ1) is 15.5. The number of hydrogen-bond acceptors (Lipinski definition) is 5. The van der Waals surface area contributed by atoms with E-state index in [1.54, 1.807) is 0 Å². The van der Waals surface area contributed by atoms with Crippen molar-refractivity contribution in [3.8, 4) is 0 Å². The largest absolute Gasteiger partial charge is 0.481 e. The zero-order valence-electron chi connectivity index (χ0n) is 19.5. The molecule has 0 aromatic heterocycles. The number of aliphatic carboxylic acids is 1. The van der Waals surface area contributed by atoms with Gasteiger partial charge in [0.15, 0.2) is 5.54 Å². The van der Waals surface area contributed by atoms with Gasteiger partial charge in [-0.3, -0.25) is 9.59 Å². The van der Waals surface area contributed by atoms with Crippen LogP contribution in [0.4, 0.5) is 4.79 Å². The van der Waals surface area contributed by atoms with Gasteiger partial charge in [-0.15, -0.1) is 0 Å². The summed E-state index contributed by atoms with van der Waals surface area (Å²) in [4.78, 5) is 37.2. The van der Waals surface area contributed by atoms with Crippen molar-refractivity contribution in [1.29, 1.82) is 0 Å².